The first kappa shape index (κ1) is 15.2. The minimum Gasteiger partial charge on any atom is -0.309 e. The van der Waals surface area contributed by atoms with Crippen molar-refractivity contribution in [2.45, 2.75) is 13.3 Å². The molecule has 0 atom stereocenters. The van der Waals surface area contributed by atoms with E-state index in [0.717, 1.165) is 0 Å². The van der Waals surface area contributed by atoms with Gasteiger partial charge in [-0.15, -0.1) is 0 Å². The van der Waals surface area contributed by atoms with Gasteiger partial charge in [0.2, 0.25) is 0 Å². The number of Topliss-reactive ketones (excluding diaryl/α,β-unsaturated/α-hetero) is 2. The van der Waals surface area contributed by atoms with Crippen LogP contribution >= 0.6 is 0 Å². The molecule has 1 aromatic carbocycles. The summed E-state index contributed by atoms with van der Waals surface area (Å²) in [4.78, 5) is 25.3. The van der Waals surface area contributed by atoms with Crippen LogP contribution in [0.5, 0.6) is 0 Å². The van der Waals surface area contributed by atoms with Crippen molar-refractivity contribution in [3.05, 3.63) is 41.2 Å². The Morgan fingerprint density at radius 3 is 2.42 bits per heavy atom. The molecule has 0 amide bonds. The predicted molar refractivity (Wildman–Crippen MR) is 73.2 cm³/mol. The quantitative estimate of drug-likeness (QED) is 0.449. The average molecular weight is 263 g/mol. The van der Waals surface area contributed by atoms with Gasteiger partial charge < -0.3 is 4.90 Å². The van der Waals surface area contributed by atoms with Crippen LogP contribution in [-0.2, 0) is 9.59 Å². The Labute approximate surface area is 112 Å². The van der Waals surface area contributed by atoms with E-state index in [0.29, 0.717) is 6.54 Å². The molecule has 0 N–H and O–H groups in total. The monoisotopic (exact) mass is 263 g/mol. The predicted octanol–water partition coefficient (Wildman–Crippen LogP) is 2.32. The molecule has 0 heterocycles. The third-order valence-corrected chi connectivity index (χ3v) is 2.67. The molecule has 4 heteroatoms. The van der Waals surface area contributed by atoms with Gasteiger partial charge in [-0.2, -0.15) is 0 Å². The van der Waals surface area contributed by atoms with Gasteiger partial charge in [-0.25, -0.2) is 4.39 Å². The topological polar surface area (TPSA) is 37.4 Å². The summed E-state index contributed by atoms with van der Waals surface area (Å²) in [5.74, 6) is -1.04. The molecule has 102 valence electrons. The fourth-order valence-corrected chi connectivity index (χ4v) is 1.59. The Balaban J connectivity index is 2.98. The summed E-state index contributed by atoms with van der Waals surface area (Å²) in [6.45, 7) is 1.88. The van der Waals surface area contributed by atoms with Crippen molar-refractivity contribution in [1.29, 1.82) is 0 Å². The molecule has 0 aliphatic heterocycles. The van der Waals surface area contributed by atoms with Crippen LogP contribution < -0.4 is 0 Å². The summed E-state index contributed by atoms with van der Waals surface area (Å²) < 4.78 is 13.5. The summed E-state index contributed by atoms with van der Waals surface area (Å²) >= 11 is 0. The number of rotatable bonds is 6. The second kappa shape index (κ2) is 6.95. The highest BCUT2D eigenvalue weighted by atomic mass is 19.1. The lowest BCUT2D eigenvalue weighted by atomic mass is 10.0. The second-order valence-corrected chi connectivity index (χ2v) is 4.61. The first-order chi connectivity index (χ1) is 8.91. The van der Waals surface area contributed by atoms with E-state index in [1.54, 1.807) is 12.1 Å². The highest BCUT2D eigenvalue weighted by Crippen LogP contribution is 2.14. The fourth-order valence-electron chi connectivity index (χ4n) is 1.59. The first-order valence-corrected chi connectivity index (χ1v) is 6.07. The molecule has 0 aromatic heterocycles. The average Bonchev–Trinajstić information content (AvgIpc) is 2.34. The number of halogens is 1. The summed E-state index contributed by atoms with van der Waals surface area (Å²) in [5.41, 5.74) is 0.304. The molecule has 1 aromatic rings. The zero-order chi connectivity index (χ0) is 14.4. The Morgan fingerprint density at radius 1 is 1.26 bits per heavy atom. The fraction of sp³-hybridized carbons (Fsp3) is 0.333. The molecule has 0 unspecified atom stereocenters. The number of hydrogen-bond donors (Lipinski definition) is 0. The van der Waals surface area contributed by atoms with Crippen LogP contribution in [0.1, 0.15) is 18.9 Å². The van der Waals surface area contributed by atoms with Crippen LogP contribution in [-0.4, -0.2) is 37.1 Å². The van der Waals surface area contributed by atoms with Crippen LogP contribution in [0.2, 0.25) is 0 Å². The van der Waals surface area contributed by atoms with Gasteiger partial charge in [0.05, 0.1) is 5.57 Å². The molecule has 19 heavy (non-hydrogen) atoms. The summed E-state index contributed by atoms with van der Waals surface area (Å²) in [5, 5.41) is 0. The first-order valence-electron chi connectivity index (χ1n) is 6.07. The highest BCUT2D eigenvalue weighted by molar-refractivity contribution is 6.22. The molecule has 0 bridgehead atoms. The maximum absolute atomic E-state index is 13.5. The Bertz CT molecular complexity index is 507. The van der Waals surface area contributed by atoms with E-state index in [1.165, 1.54) is 25.1 Å². The maximum Gasteiger partial charge on any atom is 0.167 e. The van der Waals surface area contributed by atoms with Gasteiger partial charge in [-0.3, -0.25) is 9.59 Å². The Morgan fingerprint density at radius 2 is 1.89 bits per heavy atom. The van der Waals surface area contributed by atoms with Crippen molar-refractivity contribution in [1.82, 2.24) is 4.90 Å². The number of carbonyl (C=O) groups excluding carboxylic acids is 2. The van der Waals surface area contributed by atoms with E-state index in [-0.39, 0.29) is 29.1 Å². The number of benzene rings is 1. The number of allylic oxidation sites excluding steroid dienone is 1. The smallest absolute Gasteiger partial charge is 0.167 e. The number of hydrogen-bond acceptors (Lipinski definition) is 3. The molecule has 0 spiro atoms. The molecule has 0 saturated heterocycles. The molecular weight excluding hydrogens is 245 g/mol. The minimum absolute atomic E-state index is 0.0481. The van der Waals surface area contributed by atoms with Crippen LogP contribution in [0.25, 0.3) is 6.08 Å². The Hall–Kier alpha value is -1.81. The van der Waals surface area contributed by atoms with Gasteiger partial charge in [0.15, 0.2) is 11.6 Å². The van der Waals surface area contributed by atoms with Crippen LogP contribution in [0.4, 0.5) is 4.39 Å². The number of ketones is 2. The lowest BCUT2D eigenvalue weighted by molar-refractivity contribution is -0.120. The molecule has 0 aliphatic rings. The molecule has 0 saturated carbocycles. The zero-order valence-corrected chi connectivity index (χ0v) is 11.4. The standard InChI is InChI=1S/C15H18FNO2/c1-11(18)13(15(19)8-9-17(2)3)10-12-6-4-5-7-14(12)16/h4-7,10H,8-9H2,1-3H3. The van der Waals surface area contributed by atoms with Crippen molar-refractivity contribution < 1.29 is 14.0 Å². The molecule has 3 nitrogen and oxygen atoms in total. The number of carbonyl (C=O) groups is 2. The van der Waals surface area contributed by atoms with Crippen molar-refractivity contribution >= 4 is 17.6 Å². The van der Waals surface area contributed by atoms with Gasteiger partial charge in [-0.1, -0.05) is 18.2 Å². The number of nitrogens with zero attached hydrogens (tertiary/aromatic N) is 1. The van der Waals surface area contributed by atoms with E-state index >= 15 is 0 Å². The SMILES string of the molecule is CC(=O)C(=Cc1ccccc1F)C(=O)CCN(C)C. The minimum atomic E-state index is -0.443. The summed E-state index contributed by atoms with van der Waals surface area (Å²) in [6, 6.07) is 6.07. The van der Waals surface area contributed by atoms with E-state index in [4.69, 9.17) is 0 Å². The second-order valence-electron chi connectivity index (χ2n) is 4.61. The van der Waals surface area contributed by atoms with Gasteiger partial charge in [0, 0.05) is 18.5 Å². The van der Waals surface area contributed by atoms with E-state index in [1.807, 2.05) is 19.0 Å². The van der Waals surface area contributed by atoms with Crippen molar-refractivity contribution in [2.24, 2.45) is 0 Å². The molecule has 0 radical (unpaired) electrons. The highest BCUT2D eigenvalue weighted by Gasteiger charge is 2.15. The van der Waals surface area contributed by atoms with E-state index in [2.05, 4.69) is 0 Å². The van der Waals surface area contributed by atoms with Crippen LogP contribution in [0.15, 0.2) is 29.8 Å². The largest absolute Gasteiger partial charge is 0.309 e. The molecule has 0 aliphatic carbocycles. The summed E-state index contributed by atoms with van der Waals surface area (Å²) in [6.07, 6.45) is 1.57. The zero-order valence-electron chi connectivity index (χ0n) is 11.4. The lowest BCUT2D eigenvalue weighted by Crippen LogP contribution is -2.19. The normalized spacial score (nSPS) is 11.7. The van der Waals surface area contributed by atoms with Crippen molar-refractivity contribution in [3.63, 3.8) is 0 Å². The van der Waals surface area contributed by atoms with E-state index < -0.39 is 5.82 Å². The van der Waals surface area contributed by atoms with Crippen LogP contribution in [0, 0.1) is 5.82 Å². The van der Waals surface area contributed by atoms with E-state index in [9.17, 15) is 14.0 Å². The van der Waals surface area contributed by atoms with Gasteiger partial charge in [0.25, 0.3) is 0 Å². The van der Waals surface area contributed by atoms with Gasteiger partial charge >= 0.3 is 0 Å². The third kappa shape index (κ3) is 4.75. The van der Waals surface area contributed by atoms with Crippen molar-refractivity contribution in [3.8, 4) is 0 Å². The van der Waals surface area contributed by atoms with Crippen LogP contribution in [0.3, 0.4) is 0 Å². The Kier molecular flexibility index (Phi) is 5.57. The molecule has 1 rings (SSSR count). The van der Waals surface area contributed by atoms with Gasteiger partial charge in [0.1, 0.15) is 5.82 Å². The third-order valence-electron chi connectivity index (χ3n) is 2.67. The summed E-state index contributed by atoms with van der Waals surface area (Å²) in [7, 11) is 3.70. The van der Waals surface area contributed by atoms with Gasteiger partial charge in [-0.05, 0) is 33.2 Å². The van der Waals surface area contributed by atoms with Crippen molar-refractivity contribution in [2.75, 3.05) is 20.6 Å². The molecular formula is C15H18FNO2. The molecule has 0 fully saturated rings. The lowest BCUT2D eigenvalue weighted by Gasteiger charge is -2.09. The maximum atomic E-state index is 13.5.